The van der Waals surface area contributed by atoms with E-state index in [1.807, 2.05) is 0 Å². The fourth-order valence-electron chi connectivity index (χ4n) is 0.392. The second-order valence-corrected chi connectivity index (χ2v) is 1.30. The molecule has 1 aromatic rings. The Bertz CT molecular complexity index is 149. The predicted octanol–water partition coefficient (Wildman–Crippen LogP) is 0.248. The summed E-state index contributed by atoms with van der Waals surface area (Å²) in [6.07, 6.45) is 3.56. The van der Waals surface area contributed by atoms with E-state index in [2.05, 4.69) is 21.9 Å². The first-order chi connectivity index (χ1) is 3.93. The van der Waals surface area contributed by atoms with Crippen molar-refractivity contribution in [3.8, 4) is 0 Å². The highest BCUT2D eigenvalue weighted by atomic mass is 15.0. The minimum Gasteiger partial charge on any atom is -0.225 e. The van der Waals surface area contributed by atoms with Gasteiger partial charge in [-0.15, -0.1) is 0 Å². The normalized spacial score (nSPS) is 9.12. The zero-order valence-corrected chi connectivity index (χ0v) is 4.41. The maximum Gasteiger partial charge on any atom is 0.131 e. The number of hydrogen-bond donors (Lipinski definition) is 0. The van der Waals surface area contributed by atoms with Crippen molar-refractivity contribution in [1.82, 2.24) is 15.0 Å². The summed E-state index contributed by atoms with van der Waals surface area (Å²) in [6.45, 7) is 3.60. The molecule has 0 atom stereocenters. The Labute approximate surface area is 47.8 Å². The van der Waals surface area contributed by atoms with Gasteiger partial charge in [0.15, 0.2) is 0 Å². The lowest BCUT2D eigenvalue weighted by molar-refractivity contribution is 0.930. The standard InChI is InChI=1S/C5H6N3/c1-2-5-7-3-6-4-8-5/h3-4H,1-2H2. The van der Waals surface area contributed by atoms with Crippen LogP contribution in [-0.2, 0) is 6.42 Å². The van der Waals surface area contributed by atoms with Crippen LogP contribution in [0.3, 0.4) is 0 Å². The lowest BCUT2D eigenvalue weighted by atomic mass is 10.5. The largest absolute Gasteiger partial charge is 0.225 e. The Morgan fingerprint density at radius 2 is 2.00 bits per heavy atom. The SMILES string of the molecule is [CH2]Cc1ncncn1. The van der Waals surface area contributed by atoms with E-state index in [0.29, 0.717) is 6.42 Å². The molecule has 1 aromatic heterocycles. The molecule has 1 rings (SSSR count). The van der Waals surface area contributed by atoms with Crippen molar-refractivity contribution in [1.29, 1.82) is 0 Å². The second-order valence-electron chi connectivity index (χ2n) is 1.30. The van der Waals surface area contributed by atoms with Gasteiger partial charge in [-0.3, -0.25) is 0 Å². The Morgan fingerprint density at radius 1 is 1.38 bits per heavy atom. The van der Waals surface area contributed by atoms with Gasteiger partial charge in [0.2, 0.25) is 0 Å². The van der Waals surface area contributed by atoms with Crippen molar-refractivity contribution >= 4 is 0 Å². The van der Waals surface area contributed by atoms with Gasteiger partial charge in [0.1, 0.15) is 18.5 Å². The van der Waals surface area contributed by atoms with Crippen LogP contribution >= 0.6 is 0 Å². The average molecular weight is 108 g/mol. The molecule has 0 aliphatic heterocycles. The summed E-state index contributed by atoms with van der Waals surface area (Å²) in [5.41, 5.74) is 0. The van der Waals surface area contributed by atoms with Gasteiger partial charge >= 0.3 is 0 Å². The van der Waals surface area contributed by atoms with E-state index in [4.69, 9.17) is 0 Å². The first kappa shape index (κ1) is 5.15. The number of aromatic nitrogens is 3. The van der Waals surface area contributed by atoms with Crippen LogP contribution in [0, 0.1) is 6.92 Å². The predicted molar refractivity (Wildman–Crippen MR) is 28.9 cm³/mol. The molecule has 0 aliphatic rings. The van der Waals surface area contributed by atoms with E-state index in [1.54, 1.807) is 0 Å². The third kappa shape index (κ3) is 0.992. The third-order valence-corrected chi connectivity index (χ3v) is 0.770. The van der Waals surface area contributed by atoms with Crippen LogP contribution in [-0.4, -0.2) is 15.0 Å². The number of rotatable bonds is 1. The molecule has 0 saturated heterocycles. The van der Waals surface area contributed by atoms with Crippen molar-refractivity contribution in [2.75, 3.05) is 0 Å². The first-order valence-corrected chi connectivity index (χ1v) is 2.33. The molecule has 0 aliphatic carbocycles. The molecule has 0 fully saturated rings. The van der Waals surface area contributed by atoms with Crippen molar-refractivity contribution in [2.24, 2.45) is 0 Å². The van der Waals surface area contributed by atoms with Crippen molar-refractivity contribution in [3.63, 3.8) is 0 Å². The van der Waals surface area contributed by atoms with Gasteiger partial charge in [-0.2, -0.15) is 0 Å². The number of hydrogen-bond acceptors (Lipinski definition) is 3. The molecule has 3 heteroatoms. The average Bonchev–Trinajstić information content (AvgIpc) is 1.90. The molecule has 0 aromatic carbocycles. The van der Waals surface area contributed by atoms with E-state index >= 15 is 0 Å². The van der Waals surface area contributed by atoms with E-state index in [0.717, 1.165) is 5.82 Å². The molecule has 0 unspecified atom stereocenters. The molecular formula is C5H6N3. The Balaban J connectivity index is 2.83. The third-order valence-electron chi connectivity index (χ3n) is 0.770. The van der Waals surface area contributed by atoms with E-state index < -0.39 is 0 Å². The monoisotopic (exact) mass is 108 g/mol. The minimum absolute atomic E-state index is 0.628. The summed E-state index contributed by atoms with van der Waals surface area (Å²) in [5.74, 6) is 0.736. The smallest absolute Gasteiger partial charge is 0.131 e. The maximum atomic E-state index is 3.81. The molecular weight excluding hydrogens is 102 g/mol. The lowest BCUT2D eigenvalue weighted by Crippen LogP contribution is -1.90. The van der Waals surface area contributed by atoms with E-state index in [-0.39, 0.29) is 0 Å². The summed E-state index contributed by atoms with van der Waals surface area (Å²) < 4.78 is 0. The summed E-state index contributed by atoms with van der Waals surface area (Å²) in [7, 11) is 0. The molecule has 0 N–H and O–H groups in total. The zero-order valence-electron chi connectivity index (χ0n) is 4.41. The maximum absolute atomic E-state index is 3.81. The molecule has 41 valence electrons. The van der Waals surface area contributed by atoms with Crippen molar-refractivity contribution < 1.29 is 0 Å². The van der Waals surface area contributed by atoms with Crippen LogP contribution in [0.4, 0.5) is 0 Å². The Kier molecular flexibility index (Phi) is 1.51. The summed E-state index contributed by atoms with van der Waals surface area (Å²) in [4.78, 5) is 11.3. The fourth-order valence-corrected chi connectivity index (χ4v) is 0.392. The molecule has 8 heavy (non-hydrogen) atoms. The topological polar surface area (TPSA) is 38.7 Å². The highest BCUT2D eigenvalue weighted by molar-refractivity contribution is 4.81. The van der Waals surface area contributed by atoms with Gasteiger partial charge in [-0.05, 0) is 6.92 Å². The van der Waals surface area contributed by atoms with Crippen LogP contribution in [0.1, 0.15) is 5.82 Å². The molecule has 1 heterocycles. The highest BCUT2D eigenvalue weighted by Gasteiger charge is 1.84. The van der Waals surface area contributed by atoms with Gasteiger partial charge in [-0.25, -0.2) is 15.0 Å². The minimum atomic E-state index is 0.628. The van der Waals surface area contributed by atoms with Gasteiger partial charge in [0.05, 0.1) is 0 Å². The van der Waals surface area contributed by atoms with Gasteiger partial charge in [-0.1, -0.05) is 0 Å². The second kappa shape index (κ2) is 2.35. The molecule has 0 amide bonds. The number of nitrogens with zero attached hydrogens (tertiary/aromatic N) is 3. The van der Waals surface area contributed by atoms with Gasteiger partial charge in [0.25, 0.3) is 0 Å². The van der Waals surface area contributed by atoms with Crippen LogP contribution in [0.15, 0.2) is 12.7 Å². The van der Waals surface area contributed by atoms with Crippen molar-refractivity contribution in [2.45, 2.75) is 6.42 Å². The molecule has 1 radical (unpaired) electrons. The van der Waals surface area contributed by atoms with Crippen molar-refractivity contribution in [3.05, 3.63) is 25.4 Å². The van der Waals surface area contributed by atoms with Crippen LogP contribution in [0.25, 0.3) is 0 Å². The quantitative estimate of drug-likeness (QED) is 0.517. The van der Waals surface area contributed by atoms with Gasteiger partial charge in [0, 0.05) is 6.42 Å². The molecule has 0 spiro atoms. The van der Waals surface area contributed by atoms with Crippen LogP contribution in [0.2, 0.25) is 0 Å². The molecule has 0 bridgehead atoms. The zero-order chi connectivity index (χ0) is 5.82. The molecule has 3 nitrogen and oxygen atoms in total. The first-order valence-electron chi connectivity index (χ1n) is 2.33. The van der Waals surface area contributed by atoms with Gasteiger partial charge < -0.3 is 0 Å². The molecule has 0 saturated carbocycles. The Hall–Kier alpha value is -0.990. The fraction of sp³-hybridized carbons (Fsp3) is 0.200. The Morgan fingerprint density at radius 3 is 2.38 bits per heavy atom. The van der Waals surface area contributed by atoms with E-state index in [9.17, 15) is 0 Å². The lowest BCUT2D eigenvalue weighted by Gasteiger charge is -1.86. The van der Waals surface area contributed by atoms with Crippen LogP contribution in [0.5, 0.6) is 0 Å². The highest BCUT2D eigenvalue weighted by Crippen LogP contribution is 1.82. The summed E-state index contributed by atoms with van der Waals surface area (Å²) in [5, 5.41) is 0. The summed E-state index contributed by atoms with van der Waals surface area (Å²) in [6, 6.07) is 0. The van der Waals surface area contributed by atoms with E-state index in [1.165, 1.54) is 12.7 Å². The van der Waals surface area contributed by atoms with Crippen LogP contribution < -0.4 is 0 Å². The summed E-state index contributed by atoms with van der Waals surface area (Å²) >= 11 is 0.